The van der Waals surface area contributed by atoms with Crippen LogP contribution in [0.1, 0.15) is 24.8 Å². The van der Waals surface area contributed by atoms with E-state index in [9.17, 15) is 0 Å². The Labute approximate surface area is 95.7 Å². The Morgan fingerprint density at radius 3 is 2.94 bits per heavy atom. The average Bonchev–Trinajstić information content (AvgIpc) is 2.75. The molecular weight excluding hydrogens is 196 g/mol. The van der Waals surface area contributed by atoms with Crippen molar-refractivity contribution in [2.45, 2.75) is 25.3 Å². The second-order valence-corrected chi connectivity index (χ2v) is 4.56. The van der Waals surface area contributed by atoms with Crippen molar-refractivity contribution in [3.05, 3.63) is 42.1 Å². The molecule has 2 heteroatoms. The first-order valence-corrected chi connectivity index (χ1v) is 5.93. The van der Waals surface area contributed by atoms with Crippen LogP contribution in [0.3, 0.4) is 0 Å². The van der Waals surface area contributed by atoms with Crippen LogP contribution in [0.25, 0.3) is 10.9 Å². The first-order chi connectivity index (χ1) is 7.86. The van der Waals surface area contributed by atoms with Gasteiger partial charge in [-0.2, -0.15) is 0 Å². The molecule has 1 aliphatic rings. The van der Waals surface area contributed by atoms with Gasteiger partial charge in [0.1, 0.15) is 0 Å². The van der Waals surface area contributed by atoms with Crippen LogP contribution in [0.4, 0.5) is 0 Å². The molecule has 1 fully saturated rings. The van der Waals surface area contributed by atoms with Gasteiger partial charge in [-0.05, 0) is 37.6 Å². The molecule has 1 saturated heterocycles. The summed E-state index contributed by atoms with van der Waals surface area (Å²) < 4.78 is 0. The fourth-order valence-corrected chi connectivity index (χ4v) is 2.72. The number of pyridine rings is 1. The largest absolute Gasteiger partial charge is 0.314 e. The number of para-hydroxylation sites is 1. The van der Waals surface area contributed by atoms with Gasteiger partial charge in [-0.3, -0.25) is 4.98 Å². The zero-order chi connectivity index (χ0) is 11.0. The number of benzene rings is 1. The van der Waals surface area contributed by atoms with Crippen LogP contribution in [-0.4, -0.2) is 17.6 Å². The molecule has 0 aliphatic carbocycles. The molecule has 1 aliphatic heterocycles. The summed E-state index contributed by atoms with van der Waals surface area (Å²) in [5, 5.41) is 4.82. The van der Waals surface area contributed by atoms with E-state index in [4.69, 9.17) is 0 Å². The first kappa shape index (κ1) is 9.79. The molecule has 1 N–H and O–H groups in total. The highest BCUT2D eigenvalue weighted by Gasteiger charge is 2.25. The first-order valence-electron chi connectivity index (χ1n) is 5.93. The minimum atomic E-state index is 0.575. The van der Waals surface area contributed by atoms with Crippen molar-refractivity contribution in [3.8, 4) is 0 Å². The lowest BCUT2D eigenvalue weighted by molar-refractivity contribution is 0.597. The quantitative estimate of drug-likeness (QED) is 0.786. The second-order valence-electron chi connectivity index (χ2n) is 4.56. The van der Waals surface area contributed by atoms with E-state index in [1.165, 1.54) is 17.4 Å². The predicted molar refractivity (Wildman–Crippen MR) is 66.6 cm³/mol. The van der Waals surface area contributed by atoms with Crippen molar-refractivity contribution >= 4 is 10.9 Å². The third kappa shape index (κ3) is 1.50. The van der Waals surface area contributed by atoms with Gasteiger partial charge in [0, 0.05) is 23.5 Å². The van der Waals surface area contributed by atoms with E-state index in [1.807, 2.05) is 6.20 Å². The summed E-state index contributed by atoms with van der Waals surface area (Å²) in [6.45, 7) is 3.40. The van der Waals surface area contributed by atoms with E-state index in [-0.39, 0.29) is 0 Å². The third-order valence-electron chi connectivity index (χ3n) is 3.61. The molecule has 2 heterocycles. The molecule has 0 bridgehead atoms. The summed E-state index contributed by atoms with van der Waals surface area (Å²) in [5.41, 5.74) is 2.56. The van der Waals surface area contributed by atoms with Gasteiger partial charge >= 0.3 is 0 Å². The van der Waals surface area contributed by atoms with E-state index in [2.05, 4.69) is 47.6 Å². The van der Waals surface area contributed by atoms with Gasteiger partial charge in [0.15, 0.2) is 0 Å². The Morgan fingerprint density at radius 1 is 1.25 bits per heavy atom. The fraction of sp³-hybridized carbons (Fsp3) is 0.357. The third-order valence-corrected chi connectivity index (χ3v) is 3.61. The van der Waals surface area contributed by atoms with Gasteiger partial charge in [-0.1, -0.05) is 18.2 Å². The highest BCUT2D eigenvalue weighted by atomic mass is 14.9. The number of fused-ring (bicyclic) bond motifs is 1. The van der Waals surface area contributed by atoms with E-state index < -0.39 is 0 Å². The van der Waals surface area contributed by atoms with Crippen molar-refractivity contribution < 1.29 is 0 Å². The highest BCUT2D eigenvalue weighted by Crippen LogP contribution is 2.31. The molecule has 3 rings (SSSR count). The molecule has 16 heavy (non-hydrogen) atoms. The number of nitrogens with one attached hydrogen (secondary N) is 1. The molecule has 0 spiro atoms. The number of aromatic nitrogens is 1. The Bertz CT molecular complexity index is 502. The molecule has 82 valence electrons. The van der Waals surface area contributed by atoms with E-state index in [1.54, 1.807) is 0 Å². The Balaban J connectivity index is 2.16. The molecule has 2 nitrogen and oxygen atoms in total. The van der Waals surface area contributed by atoms with Crippen LogP contribution in [0.15, 0.2) is 36.5 Å². The zero-order valence-corrected chi connectivity index (χ0v) is 9.48. The fourth-order valence-electron chi connectivity index (χ4n) is 2.72. The summed E-state index contributed by atoms with van der Waals surface area (Å²) in [7, 11) is 0. The number of hydrogen-bond acceptors (Lipinski definition) is 2. The van der Waals surface area contributed by atoms with Crippen LogP contribution in [0.5, 0.6) is 0 Å². The van der Waals surface area contributed by atoms with E-state index >= 15 is 0 Å². The van der Waals surface area contributed by atoms with Gasteiger partial charge < -0.3 is 5.32 Å². The van der Waals surface area contributed by atoms with Gasteiger partial charge in [0.05, 0.1) is 5.52 Å². The second kappa shape index (κ2) is 3.87. The SMILES string of the molecule is CC1NCCC1c1ccnc2ccccc12. The summed E-state index contributed by atoms with van der Waals surface area (Å²) in [4.78, 5) is 4.42. The molecule has 1 aromatic carbocycles. The summed E-state index contributed by atoms with van der Waals surface area (Å²) >= 11 is 0. The standard InChI is InChI=1S/C14H16N2/c1-10-11(6-8-15-10)12-7-9-16-14-5-3-2-4-13(12)14/h2-5,7,9-11,15H,6,8H2,1H3. The van der Waals surface area contributed by atoms with Gasteiger partial charge in [0.2, 0.25) is 0 Å². The topological polar surface area (TPSA) is 24.9 Å². The normalized spacial score (nSPS) is 25.1. The lowest BCUT2D eigenvalue weighted by Crippen LogP contribution is -2.21. The van der Waals surface area contributed by atoms with E-state index in [0.29, 0.717) is 12.0 Å². The number of rotatable bonds is 1. The van der Waals surface area contributed by atoms with Gasteiger partial charge in [0.25, 0.3) is 0 Å². The van der Waals surface area contributed by atoms with Gasteiger partial charge in [-0.25, -0.2) is 0 Å². The van der Waals surface area contributed by atoms with Crippen LogP contribution in [-0.2, 0) is 0 Å². The predicted octanol–water partition coefficient (Wildman–Crippen LogP) is 2.70. The molecule has 0 radical (unpaired) electrons. The van der Waals surface area contributed by atoms with Crippen LogP contribution >= 0.6 is 0 Å². The lowest BCUT2D eigenvalue weighted by atomic mass is 9.90. The Kier molecular flexibility index (Phi) is 2.37. The minimum absolute atomic E-state index is 0.575. The highest BCUT2D eigenvalue weighted by molar-refractivity contribution is 5.82. The van der Waals surface area contributed by atoms with Crippen LogP contribution in [0, 0.1) is 0 Å². The molecular formula is C14H16N2. The molecule has 0 amide bonds. The molecule has 1 aromatic heterocycles. The maximum Gasteiger partial charge on any atom is 0.0704 e. The zero-order valence-electron chi connectivity index (χ0n) is 9.48. The van der Waals surface area contributed by atoms with Crippen molar-refractivity contribution in [2.75, 3.05) is 6.54 Å². The van der Waals surface area contributed by atoms with Crippen molar-refractivity contribution in [3.63, 3.8) is 0 Å². The average molecular weight is 212 g/mol. The number of nitrogens with zero attached hydrogens (tertiary/aromatic N) is 1. The van der Waals surface area contributed by atoms with Crippen LogP contribution < -0.4 is 5.32 Å². The molecule has 0 saturated carbocycles. The summed E-state index contributed by atoms with van der Waals surface area (Å²) in [5.74, 6) is 0.632. The monoisotopic (exact) mass is 212 g/mol. The molecule has 2 aromatic rings. The van der Waals surface area contributed by atoms with Crippen molar-refractivity contribution in [1.82, 2.24) is 10.3 Å². The number of hydrogen-bond donors (Lipinski definition) is 1. The van der Waals surface area contributed by atoms with E-state index in [0.717, 1.165) is 12.1 Å². The molecule has 2 unspecified atom stereocenters. The van der Waals surface area contributed by atoms with Gasteiger partial charge in [-0.15, -0.1) is 0 Å². The lowest BCUT2D eigenvalue weighted by Gasteiger charge is -2.17. The van der Waals surface area contributed by atoms with Crippen LogP contribution in [0.2, 0.25) is 0 Å². The molecule has 2 atom stereocenters. The smallest absolute Gasteiger partial charge is 0.0704 e. The summed E-state index contributed by atoms with van der Waals surface area (Å²) in [6, 6.07) is 11.2. The van der Waals surface area contributed by atoms with Crippen molar-refractivity contribution in [2.24, 2.45) is 0 Å². The maximum atomic E-state index is 4.42. The summed E-state index contributed by atoms with van der Waals surface area (Å²) in [6.07, 6.45) is 3.16. The van der Waals surface area contributed by atoms with Crippen molar-refractivity contribution in [1.29, 1.82) is 0 Å². The maximum absolute atomic E-state index is 4.42. The Morgan fingerprint density at radius 2 is 2.12 bits per heavy atom. The minimum Gasteiger partial charge on any atom is -0.314 e. The Hall–Kier alpha value is -1.41.